The Morgan fingerprint density at radius 3 is 2.62 bits per heavy atom. The van der Waals surface area contributed by atoms with Crippen LogP contribution in [0.4, 0.5) is 0 Å². The molecule has 1 atom stereocenters. The van der Waals surface area contributed by atoms with Gasteiger partial charge in [-0.05, 0) is 37.3 Å². The summed E-state index contributed by atoms with van der Waals surface area (Å²) in [7, 11) is 0. The highest BCUT2D eigenvalue weighted by Crippen LogP contribution is 2.36. The minimum Gasteiger partial charge on any atom is -0.388 e. The summed E-state index contributed by atoms with van der Waals surface area (Å²) in [4.78, 5) is 2.40. The van der Waals surface area contributed by atoms with E-state index in [0.29, 0.717) is 5.92 Å². The Labute approximate surface area is 133 Å². The van der Waals surface area contributed by atoms with Gasteiger partial charge in [-0.2, -0.15) is 0 Å². The largest absolute Gasteiger partial charge is 0.388 e. The number of aliphatic hydroxyl groups is 1. The number of aliphatic hydroxyl groups excluding tert-OH is 1. The van der Waals surface area contributed by atoms with E-state index in [1.54, 1.807) is 11.8 Å². The van der Waals surface area contributed by atoms with Crippen LogP contribution in [0.3, 0.4) is 0 Å². The Kier molecular flexibility index (Phi) is 7.38. The molecule has 1 aliphatic rings. The van der Waals surface area contributed by atoms with Crippen molar-refractivity contribution < 1.29 is 5.11 Å². The predicted octanol–water partition coefficient (Wildman–Crippen LogP) is 5.79. The topological polar surface area (TPSA) is 20.2 Å². The van der Waals surface area contributed by atoms with E-state index in [1.807, 2.05) is 6.07 Å². The second kappa shape index (κ2) is 9.32. The van der Waals surface area contributed by atoms with E-state index in [-0.39, 0.29) is 6.10 Å². The van der Waals surface area contributed by atoms with Crippen molar-refractivity contribution in [1.29, 1.82) is 0 Å². The first-order chi connectivity index (χ1) is 10.3. The summed E-state index contributed by atoms with van der Waals surface area (Å²) in [6.45, 7) is 2.22. The van der Waals surface area contributed by atoms with Crippen molar-refractivity contribution in [3.8, 4) is 0 Å². The van der Waals surface area contributed by atoms with Crippen LogP contribution in [0.1, 0.15) is 58.3 Å². The number of unbranched alkanes of at least 4 members (excludes halogenated alkanes) is 2. The summed E-state index contributed by atoms with van der Waals surface area (Å²) in [6.07, 6.45) is 11.8. The van der Waals surface area contributed by atoms with Gasteiger partial charge in [-0.3, -0.25) is 0 Å². The molecule has 0 heterocycles. The standard InChI is InChI=1S/C19H28OS/c1-2-3-6-15-18(21-17-13-9-5-10-14-17)19(20)16-11-7-4-8-12-16/h5,9-10,13-16,19-20H,2-4,6-8,11-12H2,1H3/b18-15+/t19-/m0/s1. The second-order valence-electron chi connectivity index (χ2n) is 6.01. The van der Waals surface area contributed by atoms with Crippen LogP contribution in [0.25, 0.3) is 0 Å². The molecule has 0 bridgehead atoms. The summed E-state index contributed by atoms with van der Waals surface area (Å²) < 4.78 is 0. The van der Waals surface area contributed by atoms with Crippen LogP contribution in [0.15, 0.2) is 46.2 Å². The molecule has 1 aromatic rings. The zero-order valence-corrected chi connectivity index (χ0v) is 13.9. The molecule has 1 fully saturated rings. The van der Waals surface area contributed by atoms with Gasteiger partial charge in [0.2, 0.25) is 0 Å². The maximum atomic E-state index is 10.8. The van der Waals surface area contributed by atoms with Crippen LogP contribution in [0.5, 0.6) is 0 Å². The SMILES string of the molecule is CCCC/C=C(/Sc1ccccc1)[C@@H](O)C1CCCCC1. The van der Waals surface area contributed by atoms with Gasteiger partial charge in [-0.1, -0.05) is 75.1 Å². The fourth-order valence-electron chi connectivity index (χ4n) is 2.98. The normalized spacial score (nSPS) is 18.7. The van der Waals surface area contributed by atoms with Crippen LogP contribution in [0.2, 0.25) is 0 Å². The van der Waals surface area contributed by atoms with Crippen molar-refractivity contribution in [3.63, 3.8) is 0 Å². The van der Waals surface area contributed by atoms with Crippen LogP contribution in [0, 0.1) is 5.92 Å². The van der Waals surface area contributed by atoms with E-state index in [2.05, 4.69) is 37.3 Å². The highest BCUT2D eigenvalue weighted by molar-refractivity contribution is 8.03. The highest BCUT2D eigenvalue weighted by Gasteiger charge is 2.25. The van der Waals surface area contributed by atoms with Crippen molar-refractivity contribution >= 4 is 11.8 Å². The van der Waals surface area contributed by atoms with Gasteiger partial charge in [-0.15, -0.1) is 0 Å². The molecule has 1 aromatic carbocycles. The van der Waals surface area contributed by atoms with Gasteiger partial charge in [0.25, 0.3) is 0 Å². The van der Waals surface area contributed by atoms with Gasteiger partial charge in [0.05, 0.1) is 6.10 Å². The number of benzene rings is 1. The molecule has 0 aliphatic heterocycles. The summed E-state index contributed by atoms with van der Waals surface area (Å²) in [6, 6.07) is 10.4. The highest BCUT2D eigenvalue weighted by atomic mass is 32.2. The van der Waals surface area contributed by atoms with E-state index in [4.69, 9.17) is 0 Å². The molecule has 2 rings (SSSR count). The molecule has 1 saturated carbocycles. The van der Waals surface area contributed by atoms with E-state index in [9.17, 15) is 5.11 Å². The molecule has 1 N–H and O–H groups in total. The minimum atomic E-state index is -0.271. The summed E-state index contributed by atoms with van der Waals surface area (Å²) >= 11 is 1.75. The van der Waals surface area contributed by atoms with Crippen molar-refractivity contribution in [1.82, 2.24) is 0 Å². The quantitative estimate of drug-likeness (QED) is 0.508. The molecule has 1 nitrogen and oxygen atoms in total. The summed E-state index contributed by atoms with van der Waals surface area (Å²) in [5.41, 5.74) is 0. The van der Waals surface area contributed by atoms with E-state index in [0.717, 1.165) is 6.42 Å². The summed E-state index contributed by atoms with van der Waals surface area (Å²) in [5, 5.41) is 10.8. The van der Waals surface area contributed by atoms with Crippen molar-refractivity contribution in [3.05, 3.63) is 41.3 Å². The van der Waals surface area contributed by atoms with Crippen molar-refractivity contribution in [2.75, 3.05) is 0 Å². The molecule has 2 heteroatoms. The zero-order chi connectivity index (χ0) is 14.9. The molecule has 116 valence electrons. The fourth-order valence-corrected chi connectivity index (χ4v) is 4.06. The lowest BCUT2D eigenvalue weighted by molar-refractivity contribution is 0.122. The van der Waals surface area contributed by atoms with Crippen LogP contribution in [-0.4, -0.2) is 11.2 Å². The van der Waals surface area contributed by atoms with Crippen LogP contribution < -0.4 is 0 Å². The molecule has 0 amide bonds. The average molecular weight is 304 g/mol. The summed E-state index contributed by atoms with van der Waals surface area (Å²) in [5.74, 6) is 0.461. The third kappa shape index (κ3) is 5.52. The number of rotatable bonds is 7. The first-order valence-corrected chi connectivity index (χ1v) is 9.24. The molecule has 1 aliphatic carbocycles. The lowest BCUT2D eigenvalue weighted by atomic mass is 9.85. The number of allylic oxidation sites excluding steroid dienone is 1. The maximum Gasteiger partial charge on any atom is 0.0876 e. The molecule has 0 unspecified atom stereocenters. The number of hydrogen-bond acceptors (Lipinski definition) is 2. The Balaban J connectivity index is 2.05. The predicted molar refractivity (Wildman–Crippen MR) is 92.5 cm³/mol. The van der Waals surface area contributed by atoms with Gasteiger partial charge >= 0.3 is 0 Å². The first kappa shape index (κ1) is 16.6. The lowest BCUT2D eigenvalue weighted by Crippen LogP contribution is -2.23. The molecule has 0 radical (unpaired) electrons. The Morgan fingerprint density at radius 2 is 1.95 bits per heavy atom. The third-order valence-corrected chi connectivity index (χ3v) is 5.42. The monoisotopic (exact) mass is 304 g/mol. The van der Waals surface area contributed by atoms with Gasteiger partial charge in [0.1, 0.15) is 0 Å². The van der Waals surface area contributed by atoms with Gasteiger partial charge < -0.3 is 5.11 Å². The molecule has 0 spiro atoms. The van der Waals surface area contributed by atoms with Crippen molar-refractivity contribution in [2.45, 2.75) is 69.3 Å². The van der Waals surface area contributed by atoms with E-state index >= 15 is 0 Å². The van der Waals surface area contributed by atoms with Gasteiger partial charge in [0, 0.05) is 9.80 Å². The Morgan fingerprint density at radius 1 is 1.24 bits per heavy atom. The van der Waals surface area contributed by atoms with Crippen LogP contribution in [-0.2, 0) is 0 Å². The maximum absolute atomic E-state index is 10.8. The molecular formula is C19H28OS. The van der Waals surface area contributed by atoms with Gasteiger partial charge in [-0.25, -0.2) is 0 Å². The molecular weight excluding hydrogens is 276 g/mol. The number of hydrogen-bond donors (Lipinski definition) is 1. The lowest BCUT2D eigenvalue weighted by Gasteiger charge is -2.28. The zero-order valence-electron chi connectivity index (χ0n) is 13.1. The average Bonchev–Trinajstić information content (AvgIpc) is 2.55. The number of thioether (sulfide) groups is 1. The van der Waals surface area contributed by atoms with E-state index < -0.39 is 0 Å². The smallest absolute Gasteiger partial charge is 0.0876 e. The van der Waals surface area contributed by atoms with Crippen molar-refractivity contribution in [2.24, 2.45) is 5.92 Å². The molecule has 0 aromatic heterocycles. The van der Waals surface area contributed by atoms with Gasteiger partial charge in [0.15, 0.2) is 0 Å². The Bertz CT molecular complexity index is 420. The third-order valence-electron chi connectivity index (χ3n) is 4.27. The first-order valence-electron chi connectivity index (χ1n) is 8.42. The van der Waals surface area contributed by atoms with E-state index in [1.165, 1.54) is 54.7 Å². The second-order valence-corrected chi connectivity index (χ2v) is 7.15. The fraction of sp³-hybridized carbons (Fsp3) is 0.579. The molecule has 0 saturated heterocycles. The molecule has 21 heavy (non-hydrogen) atoms. The minimum absolute atomic E-state index is 0.271. The Hall–Kier alpha value is -0.730. The van der Waals surface area contributed by atoms with Crippen LogP contribution >= 0.6 is 11.8 Å².